The highest BCUT2D eigenvalue weighted by molar-refractivity contribution is 5.89. The van der Waals surface area contributed by atoms with Crippen molar-refractivity contribution in [2.75, 3.05) is 0 Å². The van der Waals surface area contributed by atoms with Crippen molar-refractivity contribution in [3.63, 3.8) is 0 Å². The van der Waals surface area contributed by atoms with Crippen molar-refractivity contribution in [2.45, 2.75) is 20.3 Å². The Morgan fingerprint density at radius 1 is 1.04 bits per heavy atom. The van der Waals surface area contributed by atoms with E-state index < -0.39 is 5.97 Å². The number of carbonyl (C=O) groups is 1. The molecule has 0 atom stereocenters. The number of nitrogens with one attached hydrogen (secondary N) is 1. The quantitative estimate of drug-likeness (QED) is 0.510. The average molecular weight is 356 g/mol. The molecule has 0 spiro atoms. The van der Waals surface area contributed by atoms with E-state index in [2.05, 4.69) is 43.1 Å². The van der Waals surface area contributed by atoms with E-state index in [1.165, 1.54) is 16.5 Å². The molecule has 2 aromatic carbocycles. The smallest absolute Gasteiger partial charge is 0.335 e. The number of carboxylic acid groups (broad SMARTS) is 1. The second-order valence-electron chi connectivity index (χ2n) is 6.66. The molecule has 0 aliphatic heterocycles. The van der Waals surface area contributed by atoms with Crippen LogP contribution in [0.1, 0.15) is 28.4 Å². The molecular weight excluding hydrogens is 336 g/mol. The second kappa shape index (κ2) is 6.72. The number of pyridine rings is 1. The summed E-state index contributed by atoms with van der Waals surface area (Å²) in [5.74, 6) is -0.920. The zero-order valence-electron chi connectivity index (χ0n) is 15.3. The molecule has 4 nitrogen and oxygen atoms in total. The molecule has 0 fully saturated rings. The normalized spacial score (nSPS) is 11.0. The molecule has 4 aromatic rings. The fourth-order valence-corrected chi connectivity index (χ4v) is 3.41. The van der Waals surface area contributed by atoms with E-state index >= 15 is 0 Å². The van der Waals surface area contributed by atoms with Crippen molar-refractivity contribution >= 4 is 16.9 Å². The van der Waals surface area contributed by atoms with Crippen molar-refractivity contribution < 1.29 is 9.90 Å². The Hall–Kier alpha value is -3.40. The van der Waals surface area contributed by atoms with Crippen LogP contribution in [0, 0.1) is 6.92 Å². The minimum absolute atomic E-state index is 0.282. The molecule has 0 aliphatic rings. The predicted molar refractivity (Wildman–Crippen MR) is 108 cm³/mol. The lowest BCUT2D eigenvalue weighted by Gasteiger charge is -2.09. The molecular formula is C23H20N2O2. The highest BCUT2D eigenvalue weighted by Crippen LogP contribution is 2.28. The first kappa shape index (κ1) is 17.0. The molecule has 0 saturated carbocycles. The highest BCUT2D eigenvalue weighted by Gasteiger charge is 2.10. The van der Waals surface area contributed by atoms with Gasteiger partial charge in [0.1, 0.15) is 0 Å². The summed E-state index contributed by atoms with van der Waals surface area (Å²) in [7, 11) is 0. The third-order valence-corrected chi connectivity index (χ3v) is 4.92. The lowest BCUT2D eigenvalue weighted by molar-refractivity contribution is 0.0697. The van der Waals surface area contributed by atoms with Crippen LogP contribution in [0.25, 0.3) is 33.5 Å². The van der Waals surface area contributed by atoms with Crippen LogP contribution < -0.4 is 0 Å². The molecule has 27 heavy (non-hydrogen) atoms. The van der Waals surface area contributed by atoms with E-state index in [1.54, 1.807) is 12.1 Å². The van der Waals surface area contributed by atoms with Crippen LogP contribution >= 0.6 is 0 Å². The summed E-state index contributed by atoms with van der Waals surface area (Å²) >= 11 is 0. The molecule has 0 aliphatic carbocycles. The molecule has 2 heterocycles. The fourth-order valence-electron chi connectivity index (χ4n) is 3.41. The van der Waals surface area contributed by atoms with Gasteiger partial charge in [-0.1, -0.05) is 37.3 Å². The minimum Gasteiger partial charge on any atom is -0.478 e. The molecule has 134 valence electrons. The van der Waals surface area contributed by atoms with Gasteiger partial charge in [0.15, 0.2) is 0 Å². The summed E-state index contributed by atoms with van der Waals surface area (Å²) in [6.45, 7) is 4.26. The molecule has 0 bridgehead atoms. The monoisotopic (exact) mass is 356 g/mol. The number of aromatic amines is 1. The first-order valence-electron chi connectivity index (χ1n) is 8.99. The number of aromatic nitrogens is 2. The number of aromatic carboxylic acids is 1. The maximum Gasteiger partial charge on any atom is 0.335 e. The van der Waals surface area contributed by atoms with Gasteiger partial charge in [-0.05, 0) is 60.4 Å². The number of benzene rings is 2. The third kappa shape index (κ3) is 3.10. The largest absolute Gasteiger partial charge is 0.478 e. The van der Waals surface area contributed by atoms with Crippen LogP contribution in [0.3, 0.4) is 0 Å². The summed E-state index contributed by atoms with van der Waals surface area (Å²) in [5.41, 5.74) is 7.52. The van der Waals surface area contributed by atoms with Crippen molar-refractivity contribution in [2.24, 2.45) is 0 Å². The Labute approximate surface area is 157 Å². The molecule has 4 heteroatoms. The molecule has 0 radical (unpaired) electrons. The van der Waals surface area contributed by atoms with Gasteiger partial charge in [-0.25, -0.2) is 9.78 Å². The fraction of sp³-hybridized carbons (Fsp3) is 0.130. The van der Waals surface area contributed by atoms with Gasteiger partial charge >= 0.3 is 5.97 Å². The average Bonchev–Trinajstić information content (AvgIpc) is 3.18. The van der Waals surface area contributed by atoms with Crippen LogP contribution in [0.4, 0.5) is 0 Å². The number of hydrogen-bond donors (Lipinski definition) is 2. The van der Waals surface area contributed by atoms with E-state index in [0.717, 1.165) is 34.6 Å². The Balaban J connectivity index is 1.76. The van der Waals surface area contributed by atoms with Gasteiger partial charge in [0.05, 0.1) is 22.5 Å². The van der Waals surface area contributed by atoms with E-state index in [9.17, 15) is 4.79 Å². The number of aryl methyl sites for hydroxylation is 2. The summed E-state index contributed by atoms with van der Waals surface area (Å²) in [6.07, 6.45) is 0.944. The maximum absolute atomic E-state index is 11.0. The van der Waals surface area contributed by atoms with Gasteiger partial charge in [0, 0.05) is 11.1 Å². The van der Waals surface area contributed by atoms with Crippen LogP contribution in [-0.4, -0.2) is 21.0 Å². The van der Waals surface area contributed by atoms with Crippen LogP contribution in [0.2, 0.25) is 0 Å². The summed E-state index contributed by atoms with van der Waals surface area (Å²) in [5, 5.41) is 10.2. The first-order valence-corrected chi connectivity index (χ1v) is 8.99. The molecule has 2 N–H and O–H groups in total. The van der Waals surface area contributed by atoms with Gasteiger partial charge in [-0.3, -0.25) is 0 Å². The number of fused-ring (bicyclic) bond motifs is 1. The van der Waals surface area contributed by atoms with Crippen molar-refractivity contribution in [3.05, 3.63) is 77.4 Å². The number of para-hydroxylation sites is 1. The van der Waals surface area contributed by atoms with E-state index in [1.807, 2.05) is 24.3 Å². The number of nitrogens with zero attached hydrogens (tertiary/aromatic N) is 1. The van der Waals surface area contributed by atoms with Crippen molar-refractivity contribution in [1.82, 2.24) is 9.97 Å². The van der Waals surface area contributed by atoms with Crippen molar-refractivity contribution in [3.8, 4) is 22.6 Å². The number of H-pyrrole nitrogens is 1. The van der Waals surface area contributed by atoms with E-state index in [-0.39, 0.29) is 5.56 Å². The van der Waals surface area contributed by atoms with Gasteiger partial charge < -0.3 is 10.1 Å². The lowest BCUT2D eigenvalue weighted by atomic mass is 10.0. The SMILES string of the molecule is CCc1cccc2c(C)cc(-c3ccc(-c4ccc(C(=O)O)cc4)[nH]3)nc12. The van der Waals surface area contributed by atoms with E-state index in [4.69, 9.17) is 10.1 Å². The lowest BCUT2D eigenvalue weighted by Crippen LogP contribution is -1.95. The summed E-state index contributed by atoms with van der Waals surface area (Å²) in [4.78, 5) is 19.3. The van der Waals surface area contributed by atoms with Gasteiger partial charge in [-0.15, -0.1) is 0 Å². The summed E-state index contributed by atoms with van der Waals surface area (Å²) in [6, 6.07) is 19.3. The van der Waals surface area contributed by atoms with Crippen LogP contribution in [0.5, 0.6) is 0 Å². The molecule has 2 aromatic heterocycles. The number of carboxylic acids is 1. The number of hydrogen-bond acceptors (Lipinski definition) is 2. The van der Waals surface area contributed by atoms with Gasteiger partial charge in [0.2, 0.25) is 0 Å². The second-order valence-corrected chi connectivity index (χ2v) is 6.66. The summed E-state index contributed by atoms with van der Waals surface area (Å²) < 4.78 is 0. The zero-order chi connectivity index (χ0) is 19.0. The molecule has 0 amide bonds. The number of rotatable bonds is 4. The topological polar surface area (TPSA) is 66.0 Å². The maximum atomic E-state index is 11.0. The Kier molecular flexibility index (Phi) is 4.24. The minimum atomic E-state index is -0.920. The Morgan fingerprint density at radius 3 is 2.48 bits per heavy atom. The highest BCUT2D eigenvalue weighted by atomic mass is 16.4. The molecule has 0 unspecified atom stereocenters. The predicted octanol–water partition coefficient (Wildman–Crippen LogP) is 5.47. The standard InChI is InChI=1S/C23H20N2O2/c1-3-15-5-4-6-18-14(2)13-21(25-22(15)18)20-12-11-19(24-20)16-7-9-17(10-8-16)23(26)27/h4-13,24H,3H2,1-2H3,(H,26,27). The third-order valence-electron chi connectivity index (χ3n) is 4.92. The zero-order valence-corrected chi connectivity index (χ0v) is 15.3. The van der Waals surface area contributed by atoms with Crippen LogP contribution in [0.15, 0.2) is 60.7 Å². The van der Waals surface area contributed by atoms with Gasteiger partial charge in [-0.2, -0.15) is 0 Å². The van der Waals surface area contributed by atoms with E-state index in [0.29, 0.717) is 0 Å². The van der Waals surface area contributed by atoms with Crippen LogP contribution in [-0.2, 0) is 6.42 Å². The van der Waals surface area contributed by atoms with Crippen molar-refractivity contribution in [1.29, 1.82) is 0 Å². The Morgan fingerprint density at radius 2 is 1.78 bits per heavy atom. The van der Waals surface area contributed by atoms with Gasteiger partial charge in [0.25, 0.3) is 0 Å². The molecule has 0 saturated heterocycles. The molecule has 4 rings (SSSR count). The first-order chi connectivity index (χ1) is 13.1. The Bertz CT molecular complexity index is 1140.